The van der Waals surface area contributed by atoms with Crippen LogP contribution < -0.4 is 20.5 Å². The molecule has 41 heavy (non-hydrogen) atoms. The Bertz CT molecular complexity index is 1910. The van der Waals surface area contributed by atoms with Gasteiger partial charge in [0, 0.05) is 45.8 Å². The van der Waals surface area contributed by atoms with Crippen molar-refractivity contribution >= 4 is 39.4 Å². The molecule has 0 bridgehead atoms. The molecule has 0 saturated heterocycles. The molecule has 0 radical (unpaired) electrons. The molecule has 2 aliphatic heterocycles. The number of aryl methyl sites for hydroxylation is 1. The van der Waals surface area contributed by atoms with E-state index in [0.29, 0.717) is 0 Å². The summed E-state index contributed by atoms with van der Waals surface area (Å²) in [6, 6.07) is 32.4. The van der Waals surface area contributed by atoms with Crippen molar-refractivity contribution in [3.63, 3.8) is 0 Å². The highest BCUT2D eigenvalue weighted by Gasteiger charge is 2.48. The number of pyridine rings is 1. The van der Waals surface area contributed by atoms with Crippen LogP contribution in [0.2, 0.25) is 0 Å². The Hall–Kier alpha value is -3.74. The Balaban J connectivity index is 1.46. The van der Waals surface area contributed by atoms with E-state index in [0.717, 1.165) is 69.4 Å². The first-order chi connectivity index (χ1) is 20.0. The summed E-state index contributed by atoms with van der Waals surface area (Å²) in [5.74, 6) is 0. The minimum Gasteiger partial charge on any atom is -0.309 e. The van der Waals surface area contributed by atoms with Crippen molar-refractivity contribution in [1.29, 1.82) is 0 Å². The van der Waals surface area contributed by atoms with Gasteiger partial charge in [-0.25, -0.2) is 0 Å². The van der Waals surface area contributed by atoms with Crippen molar-refractivity contribution in [2.75, 3.05) is 0 Å². The minimum atomic E-state index is -3.05. The van der Waals surface area contributed by atoms with Gasteiger partial charge in [0.2, 0.25) is 5.69 Å². The van der Waals surface area contributed by atoms with Gasteiger partial charge in [0.15, 0.2) is 18.9 Å². The minimum absolute atomic E-state index is 0.237. The van der Waals surface area contributed by atoms with Crippen molar-refractivity contribution in [3.05, 3.63) is 115 Å². The maximum atomic E-state index is 15.5. The Morgan fingerprint density at radius 3 is 2.24 bits per heavy atom. The molecule has 1 unspecified atom stereocenters. The summed E-state index contributed by atoms with van der Waals surface area (Å²) in [5, 5.41) is 5.30. The maximum Gasteiger partial charge on any atom is 0.214 e. The molecule has 2 nitrogen and oxygen atoms in total. The molecule has 3 heterocycles. The Morgan fingerprint density at radius 2 is 1.46 bits per heavy atom. The first-order valence-corrected chi connectivity index (χ1v) is 16.8. The smallest absolute Gasteiger partial charge is 0.214 e. The molecule has 0 fully saturated rings. The van der Waals surface area contributed by atoms with E-state index in [1.165, 1.54) is 28.5 Å². The molecule has 1 aromatic heterocycles. The van der Waals surface area contributed by atoms with E-state index in [-0.39, 0.29) is 5.54 Å². The van der Waals surface area contributed by atoms with Gasteiger partial charge in [-0.3, -0.25) is 0 Å². The highest BCUT2D eigenvalue weighted by molar-refractivity contribution is 7.86. The fourth-order valence-electron chi connectivity index (χ4n) is 7.36. The third kappa shape index (κ3) is 3.63. The van der Waals surface area contributed by atoms with Crippen LogP contribution in [-0.4, -0.2) is 0 Å². The van der Waals surface area contributed by atoms with Gasteiger partial charge in [-0.2, -0.15) is 4.57 Å². The zero-order chi connectivity index (χ0) is 28.4. The molecule has 4 aromatic carbocycles. The van der Waals surface area contributed by atoms with E-state index in [9.17, 15) is 0 Å². The van der Waals surface area contributed by atoms with E-state index in [1.807, 2.05) is 6.07 Å². The van der Waals surface area contributed by atoms with Gasteiger partial charge < -0.3 is 4.57 Å². The standard InChI is InChI=1S/C38H37NOP/c1-5-8-13-27-18-21-37-34(22-27)32-16-11-12-17-36(32)41(37,40)30-19-20-31-33(24-30)26(4)38(6-2,7-3)39-25-29-15-10-9-14-28(29)23-35(31)39/h9-12,14-25H,4-8,13H2,1-3H3/q+1. The van der Waals surface area contributed by atoms with E-state index in [4.69, 9.17) is 6.58 Å². The third-order valence-corrected chi connectivity index (χ3v) is 12.9. The van der Waals surface area contributed by atoms with Crippen LogP contribution in [0.3, 0.4) is 0 Å². The van der Waals surface area contributed by atoms with Crippen molar-refractivity contribution in [1.82, 2.24) is 0 Å². The van der Waals surface area contributed by atoms with Gasteiger partial charge in [-0.05, 0) is 70.8 Å². The largest absolute Gasteiger partial charge is 0.309 e. The Morgan fingerprint density at radius 1 is 0.732 bits per heavy atom. The fourth-order valence-corrected chi connectivity index (χ4v) is 10.4. The number of rotatable bonds is 6. The summed E-state index contributed by atoms with van der Waals surface area (Å²) in [7, 11) is -3.05. The molecule has 5 aromatic rings. The number of nitrogens with zero attached hydrogens (tertiary/aromatic N) is 1. The van der Waals surface area contributed by atoms with E-state index >= 15 is 4.57 Å². The van der Waals surface area contributed by atoms with E-state index in [2.05, 4.69) is 116 Å². The third-order valence-electron chi connectivity index (χ3n) is 9.73. The molecule has 0 spiro atoms. The van der Waals surface area contributed by atoms with Crippen LogP contribution in [0.4, 0.5) is 0 Å². The monoisotopic (exact) mass is 554 g/mol. The molecule has 0 aliphatic carbocycles. The van der Waals surface area contributed by atoms with Gasteiger partial charge in [-0.15, -0.1) is 0 Å². The molecular formula is C38H37NOP+. The summed E-state index contributed by atoms with van der Waals surface area (Å²) in [6.07, 6.45) is 7.56. The topological polar surface area (TPSA) is 20.9 Å². The normalized spacial score (nSPS) is 18.1. The van der Waals surface area contributed by atoms with Crippen LogP contribution in [0, 0.1) is 0 Å². The number of hydrogen-bond acceptors (Lipinski definition) is 1. The summed E-state index contributed by atoms with van der Waals surface area (Å²) < 4.78 is 17.9. The lowest BCUT2D eigenvalue weighted by molar-refractivity contribution is -0.740. The maximum absolute atomic E-state index is 15.5. The fraction of sp³-hybridized carbons (Fsp3) is 0.237. The predicted molar refractivity (Wildman–Crippen MR) is 174 cm³/mol. The molecule has 3 heteroatoms. The molecule has 204 valence electrons. The SMILES string of the molecule is C=C1c2cc(P3(=O)c4ccccc4-c4cc(CCCC)ccc43)ccc2-c2cc3ccccc3c[n+]2C1(CC)CC. The van der Waals surface area contributed by atoms with Gasteiger partial charge in [-0.1, -0.05) is 88.4 Å². The number of fused-ring (bicyclic) bond motifs is 7. The van der Waals surface area contributed by atoms with Gasteiger partial charge in [0.05, 0.1) is 5.56 Å². The van der Waals surface area contributed by atoms with Gasteiger partial charge >= 0.3 is 0 Å². The zero-order valence-electron chi connectivity index (χ0n) is 24.3. The van der Waals surface area contributed by atoms with Gasteiger partial charge in [0.1, 0.15) is 0 Å². The Kier molecular flexibility index (Phi) is 6.18. The van der Waals surface area contributed by atoms with Crippen LogP contribution in [0.5, 0.6) is 0 Å². The molecule has 0 amide bonds. The van der Waals surface area contributed by atoms with Crippen LogP contribution >= 0.6 is 7.14 Å². The summed E-state index contributed by atoms with van der Waals surface area (Å²) in [6.45, 7) is 11.5. The second-order valence-corrected chi connectivity index (χ2v) is 14.4. The number of aromatic nitrogens is 1. The highest BCUT2D eigenvalue weighted by Crippen LogP contribution is 2.53. The van der Waals surface area contributed by atoms with Crippen LogP contribution in [0.1, 0.15) is 57.6 Å². The van der Waals surface area contributed by atoms with Crippen molar-refractivity contribution in [2.24, 2.45) is 0 Å². The molecule has 0 saturated carbocycles. The number of unbranched alkanes of at least 4 members (excludes halogenated alkanes) is 1. The number of benzene rings is 4. The van der Waals surface area contributed by atoms with Crippen molar-refractivity contribution < 1.29 is 9.13 Å². The summed E-state index contributed by atoms with van der Waals surface area (Å²) in [4.78, 5) is 0. The Labute approximate surface area is 243 Å². The summed E-state index contributed by atoms with van der Waals surface area (Å²) in [5.41, 5.74) is 7.94. The van der Waals surface area contributed by atoms with Crippen LogP contribution in [-0.2, 0) is 16.5 Å². The quantitative estimate of drug-likeness (QED) is 0.150. The summed E-state index contributed by atoms with van der Waals surface area (Å²) >= 11 is 0. The molecule has 7 rings (SSSR count). The van der Waals surface area contributed by atoms with Gasteiger partial charge in [0.25, 0.3) is 0 Å². The van der Waals surface area contributed by atoms with Crippen molar-refractivity contribution in [2.45, 2.75) is 58.4 Å². The lowest BCUT2D eigenvalue weighted by atomic mass is 9.75. The lowest BCUT2D eigenvalue weighted by Crippen LogP contribution is -2.59. The average molecular weight is 555 g/mol. The highest BCUT2D eigenvalue weighted by atomic mass is 31.2. The van der Waals surface area contributed by atoms with Crippen molar-refractivity contribution in [3.8, 4) is 22.4 Å². The predicted octanol–water partition coefficient (Wildman–Crippen LogP) is 8.30. The first-order valence-electron chi connectivity index (χ1n) is 15.1. The molecular weight excluding hydrogens is 517 g/mol. The number of hydrogen-bond donors (Lipinski definition) is 0. The lowest BCUT2D eigenvalue weighted by Gasteiger charge is -2.35. The first kappa shape index (κ1) is 26.2. The molecule has 1 atom stereocenters. The van der Waals surface area contributed by atoms with E-state index in [1.54, 1.807) is 0 Å². The van der Waals surface area contributed by atoms with E-state index < -0.39 is 7.14 Å². The van der Waals surface area contributed by atoms with Crippen LogP contribution in [0.15, 0.2) is 104 Å². The second kappa shape index (κ2) is 9.68. The second-order valence-electron chi connectivity index (χ2n) is 11.7. The zero-order valence-corrected chi connectivity index (χ0v) is 25.2. The van der Waals surface area contributed by atoms with Crippen LogP contribution in [0.25, 0.3) is 38.7 Å². The average Bonchev–Trinajstić information content (AvgIpc) is 3.28. The molecule has 2 aliphatic rings. The molecule has 0 N–H and O–H groups in total. The number of allylic oxidation sites excluding steroid dienone is 1.